The van der Waals surface area contributed by atoms with Crippen molar-refractivity contribution in [2.24, 2.45) is 11.1 Å². The van der Waals surface area contributed by atoms with E-state index in [1.54, 1.807) is 0 Å². The summed E-state index contributed by atoms with van der Waals surface area (Å²) in [6.45, 7) is 5.27. The Morgan fingerprint density at radius 2 is 1.80 bits per heavy atom. The van der Waals surface area contributed by atoms with E-state index in [0.717, 1.165) is 11.9 Å². The molecular weight excluding hydrogens is 190 g/mol. The minimum atomic E-state index is 0.406. The maximum atomic E-state index is 5.69. The molecule has 0 spiro atoms. The topological polar surface area (TPSA) is 26.0 Å². The predicted molar refractivity (Wildman–Crippen MR) is 50.5 cm³/mol. The van der Waals surface area contributed by atoms with Gasteiger partial charge in [-0.2, -0.15) is 0 Å². The highest BCUT2D eigenvalue weighted by molar-refractivity contribution is 9.09. The second-order valence-corrected chi connectivity index (χ2v) is 3.64. The van der Waals surface area contributed by atoms with Crippen molar-refractivity contribution in [1.29, 1.82) is 0 Å². The lowest BCUT2D eigenvalue weighted by Crippen LogP contribution is -2.29. The summed E-state index contributed by atoms with van der Waals surface area (Å²) in [7, 11) is 0. The number of nitrogens with two attached hydrogens (primary N) is 1. The number of halogens is 1. The van der Waals surface area contributed by atoms with Crippen LogP contribution in [0.1, 0.15) is 33.1 Å². The minimum absolute atomic E-state index is 0.406. The molecule has 1 nitrogen and oxygen atoms in total. The fourth-order valence-electron chi connectivity index (χ4n) is 1.19. The third-order valence-corrected chi connectivity index (χ3v) is 2.95. The van der Waals surface area contributed by atoms with E-state index in [0.29, 0.717) is 5.41 Å². The molecule has 10 heavy (non-hydrogen) atoms. The standard InChI is InChI=1S/C8H18BrN/c1-3-8(4-2,7-10)5-6-9/h3-7,10H2,1-2H3. The van der Waals surface area contributed by atoms with E-state index in [1.807, 2.05) is 0 Å². The Bertz CT molecular complexity index is 71.1. The molecule has 0 unspecified atom stereocenters. The number of hydrogen-bond donors (Lipinski definition) is 1. The van der Waals surface area contributed by atoms with Crippen molar-refractivity contribution in [2.45, 2.75) is 33.1 Å². The molecule has 0 heterocycles. The summed E-state index contributed by atoms with van der Waals surface area (Å²) in [6.07, 6.45) is 3.60. The first-order valence-corrected chi connectivity index (χ1v) is 5.13. The molecule has 0 atom stereocenters. The average Bonchev–Trinajstić information content (AvgIpc) is 2.01. The largest absolute Gasteiger partial charge is 0.330 e. The number of rotatable bonds is 5. The molecule has 0 saturated heterocycles. The zero-order valence-electron chi connectivity index (χ0n) is 6.99. The molecule has 62 valence electrons. The van der Waals surface area contributed by atoms with Gasteiger partial charge in [0.25, 0.3) is 0 Å². The Morgan fingerprint density at radius 3 is 1.90 bits per heavy atom. The van der Waals surface area contributed by atoms with Crippen molar-refractivity contribution in [3.05, 3.63) is 0 Å². The fourth-order valence-corrected chi connectivity index (χ4v) is 2.04. The summed E-state index contributed by atoms with van der Waals surface area (Å²) < 4.78 is 0. The highest BCUT2D eigenvalue weighted by Crippen LogP contribution is 2.29. The van der Waals surface area contributed by atoms with Gasteiger partial charge in [-0.15, -0.1) is 0 Å². The fraction of sp³-hybridized carbons (Fsp3) is 1.00. The van der Waals surface area contributed by atoms with Crippen LogP contribution in [0.4, 0.5) is 0 Å². The summed E-state index contributed by atoms with van der Waals surface area (Å²) in [6, 6.07) is 0. The highest BCUT2D eigenvalue weighted by Gasteiger charge is 2.22. The minimum Gasteiger partial charge on any atom is -0.330 e. The lowest BCUT2D eigenvalue weighted by atomic mass is 9.80. The Balaban J connectivity index is 3.87. The first-order valence-electron chi connectivity index (χ1n) is 4.00. The summed E-state index contributed by atoms with van der Waals surface area (Å²) >= 11 is 3.45. The quantitative estimate of drug-likeness (QED) is 0.690. The van der Waals surface area contributed by atoms with Crippen molar-refractivity contribution < 1.29 is 0 Å². The smallest absolute Gasteiger partial charge is 0.00370 e. The van der Waals surface area contributed by atoms with Gasteiger partial charge in [-0.3, -0.25) is 0 Å². The second kappa shape index (κ2) is 5.14. The van der Waals surface area contributed by atoms with Gasteiger partial charge in [0.05, 0.1) is 0 Å². The molecule has 0 aromatic heterocycles. The maximum Gasteiger partial charge on any atom is 0.00370 e. The van der Waals surface area contributed by atoms with Gasteiger partial charge in [0.15, 0.2) is 0 Å². The van der Waals surface area contributed by atoms with Gasteiger partial charge < -0.3 is 5.73 Å². The average molecular weight is 208 g/mol. The molecule has 0 saturated carbocycles. The van der Waals surface area contributed by atoms with E-state index >= 15 is 0 Å². The second-order valence-electron chi connectivity index (χ2n) is 2.85. The molecule has 0 amide bonds. The molecule has 0 bridgehead atoms. The van der Waals surface area contributed by atoms with Gasteiger partial charge in [-0.25, -0.2) is 0 Å². The van der Waals surface area contributed by atoms with E-state index in [9.17, 15) is 0 Å². The van der Waals surface area contributed by atoms with Crippen LogP contribution in [0.15, 0.2) is 0 Å². The van der Waals surface area contributed by atoms with Crippen LogP contribution in [-0.2, 0) is 0 Å². The lowest BCUT2D eigenvalue weighted by Gasteiger charge is -2.29. The van der Waals surface area contributed by atoms with Crippen LogP contribution < -0.4 is 5.73 Å². The normalized spacial score (nSPS) is 12.0. The Kier molecular flexibility index (Phi) is 5.36. The van der Waals surface area contributed by atoms with Crippen LogP contribution in [-0.4, -0.2) is 11.9 Å². The monoisotopic (exact) mass is 207 g/mol. The first-order chi connectivity index (χ1) is 4.74. The SMILES string of the molecule is CCC(CC)(CN)CCBr. The molecule has 0 aromatic carbocycles. The third kappa shape index (κ3) is 2.59. The van der Waals surface area contributed by atoms with Crippen LogP contribution in [0.25, 0.3) is 0 Å². The van der Waals surface area contributed by atoms with Gasteiger partial charge in [0, 0.05) is 5.33 Å². The van der Waals surface area contributed by atoms with Crippen molar-refractivity contribution in [3.63, 3.8) is 0 Å². The van der Waals surface area contributed by atoms with E-state index < -0.39 is 0 Å². The van der Waals surface area contributed by atoms with Crippen molar-refractivity contribution in [1.82, 2.24) is 0 Å². The summed E-state index contributed by atoms with van der Waals surface area (Å²) in [5.41, 5.74) is 6.10. The molecule has 2 heteroatoms. The van der Waals surface area contributed by atoms with Crippen LogP contribution in [0.5, 0.6) is 0 Å². The highest BCUT2D eigenvalue weighted by atomic mass is 79.9. The van der Waals surface area contributed by atoms with E-state index in [2.05, 4.69) is 29.8 Å². The predicted octanol–water partition coefficient (Wildman–Crippen LogP) is 2.54. The van der Waals surface area contributed by atoms with Gasteiger partial charge >= 0.3 is 0 Å². The molecule has 0 aromatic rings. The van der Waals surface area contributed by atoms with E-state index in [-0.39, 0.29) is 0 Å². The Hall–Kier alpha value is 0.440. The third-order valence-electron chi connectivity index (χ3n) is 2.56. The molecule has 0 aliphatic heterocycles. The molecule has 0 rings (SSSR count). The Morgan fingerprint density at radius 1 is 1.30 bits per heavy atom. The zero-order chi connectivity index (χ0) is 8.04. The van der Waals surface area contributed by atoms with Crippen LogP contribution in [0.3, 0.4) is 0 Å². The zero-order valence-corrected chi connectivity index (χ0v) is 8.58. The first kappa shape index (κ1) is 10.4. The maximum absolute atomic E-state index is 5.69. The van der Waals surface area contributed by atoms with Crippen LogP contribution >= 0.6 is 15.9 Å². The molecule has 0 radical (unpaired) electrons. The van der Waals surface area contributed by atoms with E-state index in [4.69, 9.17) is 5.73 Å². The summed E-state index contributed by atoms with van der Waals surface area (Å²) in [5, 5.41) is 1.08. The Labute approximate surface area is 72.5 Å². The van der Waals surface area contributed by atoms with Gasteiger partial charge in [-0.05, 0) is 31.2 Å². The lowest BCUT2D eigenvalue weighted by molar-refractivity contribution is 0.265. The van der Waals surface area contributed by atoms with E-state index in [1.165, 1.54) is 19.3 Å². The molecule has 0 aliphatic carbocycles. The van der Waals surface area contributed by atoms with Gasteiger partial charge in [0.2, 0.25) is 0 Å². The van der Waals surface area contributed by atoms with Crippen molar-refractivity contribution in [2.75, 3.05) is 11.9 Å². The number of alkyl halides is 1. The summed E-state index contributed by atoms with van der Waals surface area (Å²) in [5.74, 6) is 0. The molecule has 0 aliphatic rings. The molecule has 2 N–H and O–H groups in total. The van der Waals surface area contributed by atoms with Gasteiger partial charge in [-0.1, -0.05) is 29.8 Å². The summed E-state index contributed by atoms with van der Waals surface area (Å²) in [4.78, 5) is 0. The van der Waals surface area contributed by atoms with Crippen molar-refractivity contribution in [3.8, 4) is 0 Å². The molecular formula is C8H18BrN. The molecule has 0 fully saturated rings. The number of hydrogen-bond acceptors (Lipinski definition) is 1. The van der Waals surface area contributed by atoms with Crippen molar-refractivity contribution >= 4 is 15.9 Å². The van der Waals surface area contributed by atoms with Crippen LogP contribution in [0, 0.1) is 5.41 Å². The van der Waals surface area contributed by atoms with Crippen LogP contribution in [0.2, 0.25) is 0 Å². The van der Waals surface area contributed by atoms with Gasteiger partial charge in [0.1, 0.15) is 0 Å².